The van der Waals surface area contributed by atoms with Crippen molar-refractivity contribution >= 4 is 16.9 Å². The highest BCUT2D eigenvalue weighted by molar-refractivity contribution is 5.85. The Morgan fingerprint density at radius 2 is 2.31 bits per heavy atom. The Bertz CT molecular complexity index is 585. The fraction of sp³-hybridized carbons (Fsp3) is 0.0909. The molecule has 0 saturated heterocycles. The first kappa shape index (κ1) is 8.96. The summed E-state index contributed by atoms with van der Waals surface area (Å²) in [4.78, 5) is 11.4. The Kier molecular flexibility index (Phi) is 2.07. The Morgan fingerprint density at radius 3 is 3.19 bits per heavy atom. The molecule has 80 valence electrons. The van der Waals surface area contributed by atoms with E-state index in [-0.39, 0.29) is 0 Å². The highest BCUT2D eigenvalue weighted by atomic mass is 16.3. The zero-order valence-electron chi connectivity index (χ0n) is 8.47. The van der Waals surface area contributed by atoms with Crippen LogP contribution in [0, 0.1) is 0 Å². The molecular formula is C11H10N4O. The van der Waals surface area contributed by atoms with E-state index in [0.29, 0.717) is 6.54 Å². The lowest BCUT2D eigenvalue weighted by Crippen LogP contribution is -2.01. The van der Waals surface area contributed by atoms with Crippen LogP contribution in [0.4, 0.5) is 5.82 Å². The number of hydrogen-bond donors (Lipinski definition) is 2. The molecule has 3 rings (SSSR count). The van der Waals surface area contributed by atoms with E-state index in [9.17, 15) is 0 Å². The molecule has 0 unspecified atom stereocenters. The molecule has 16 heavy (non-hydrogen) atoms. The van der Waals surface area contributed by atoms with E-state index in [4.69, 9.17) is 4.42 Å². The van der Waals surface area contributed by atoms with Gasteiger partial charge in [-0.15, -0.1) is 0 Å². The lowest BCUT2D eigenvalue weighted by atomic mass is 10.4. The summed E-state index contributed by atoms with van der Waals surface area (Å²) in [5.74, 6) is 1.66. The number of nitrogens with zero attached hydrogens (tertiary/aromatic N) is 2. The quantitative estimate of drug-likeness (QED) is 0.701. The number of rotatable bonds is 3. The van der Waals surface area contributed by atoms with Crippen molar-refractivity contribution in [3.05, 3.63) is 42.7 Å². The molecule has 0 spiro atoms. The molecule has 5 heteroatoms. The molecule has 0 amide bonds. The van der Waals surface area contributed by atoms with Gasteiger partial charge in [-0.25, -0.2) is 9.97 Å². The first-order valence-corrected chi connectivity index (χ1v) is 4.98. The largest absolute Gasteiger partial charge is 0.467 e. The van der Waals surface area contributed by atoms with Crippen LogP contribution in [0.1, 0.15) is 5.76 Å². The van der Waals surface area contributed by atoms with Crippen LogP contribution in [0.5, 0.6) is 0 Å². The normalized spacial score (nSPS) is 10.8. The number of hydrogen-bond acceptors (Lipinski definition) is 4. The van der Waals surface area contributed by atoms with Gasteiger partial charge in [0.2, 0.25) is 0 Å². The molecule has 0 atom stereocenters. The molecule has 3 aromatic heterocycles. The highest BCUT2D eigenvalue weighted by Gasteiger charge is 2.04. The SMILES string of the molecule is c1coc(CNc2ncnc3cc[nH]c23)c1. The monoisotopic (exact) mass is 214 g/mol. The minimum Gasteiger partial charge on any atom is -0.467 e. The predicted molar refractivity (Wildman–Crippen MR) is 59.9 cm³/mol. The second-order valence-electron chi connectivity index (χ2n) is 3.39. The Balaban J connectivity index is 1.86. The summed E-state index contributed by atoms with van der Waals surface area (Å²) in [6.45, 7) is 0.609. The second kappa shape index (κ2) is 3.69. The molecule has 0 aliphatic carbocycles. The standard InChI is InChI=1S/C11H10N4O/c1-2-8(16-5-1)6-13-11-10-9(3-4-12-10)14-7-15-11/h1-5,7,12H,6H2,(H,13,14,15). The van der Waals surface area contributed by atoms with E-state index < -0.39 is 0 Å². The number of H-pyrrole nitrogens is 1. The Morgan fingerprint density at radius 1 is 1.31 bits per heavy atom. The molecule has 3 aromatic rings. The molecule has 2 N–H and O–H groups in total. The summed E-state index contributed by atoms with van der Waals surface area (Å²) in [5, 5.41) is 3.20. The molecule has 0 bridgehead atoms. The molecule has 0 saturated carbocycles. The maximum Gasteiger partial charge on any atom is 0.154 e. The van der Waals surface area contributed by atoms with Crippen molar-refractivity contribution < 1.29 is 4.42 Å². The van der Waals surface area contributed by atoms with Crippen LogP contribution in [-0.4, -0.2) is 15.0 Å². The first-order chi connectivity index (χ1) is 7.93. The Hall–Kier alpha value is -2.30. The maximum absolute atomic E-state index is 5.23. The third kappa shape index (κ3) is 1.52. The summed E-state index contributed by atoms with van der Waals surface area (Å²) < 4.78 is 5.23. The van der Waals surface area contributed by atoms with Crippen LogP contribution in [0.25, 0.3) is 11.0 Å². The van der Waals surface area contributed by atoms with E-state index in [2.05, 4.69) is 20.3 Å². The van der Waals surface area contributed by atoms with E-state index >= 15 is 0 Å². The molecule has 0 fully saturated rings. The van der Waals surface area contributed by atoms with E-state index in [1.807, 2.05) is 24.4 Å². The summed E-state index contributed by atoms with van der Waals surface area (Å²) in [5.41, 5.74) is 1.81. The van der Waals surface area contributed by atoms with Crippen molar-refractivity contribution in [2.75, 3.05) is 5.32 Å². The third-order valence-electron chi connectivity index (χ3n) is 2.36. The van der Waals surface area contributed by atoms with E-state index in [1.165, 1.54) is 0 Å². The molecule has 3 heterocycles. The van der Waals surface area contributed by atoms with Crippen molar-refractivity contribution in [1.82, 2.24) is 15.0 Å². The van der Waals surface area contributed by atoms with Crippen LogP contribution >= 0.6 is 0 Å². The van der Waals surface area contributed by atoms with E-state index in [0.717, 1.165) is 22.6 Å². The highest BCUT2D eigenvalue weighted by Crippen LogP contribution is 2.17. The van der Waals surface area contributed by atoms with Gasteiger partial charge in [-0.1, -0.05) is 0 Å². The predicted octanol–water partition coefficient (Wildman–Crippen LogP) is 2.16. The van der Waals surface area contributed by atoms with Crippen molar-refractivity contribution in [3.63, 3.8) is 0 Å². The smallest absolute Gasteiger partial charge is 0.154 e. The molecule has 0 aliphatic heterocycles. The molecule has 0 aliphatic rings. The number of nitrogens with one attached hydrogen (secondary N) is 2. The zero-order chi connectivity index (χ0) is 10.8. The average Bonchev–Trinajstić information content (AvgIpc) is 2.97. The van der Waals surface area contributed by atoms with Gasteiger partial charge < -0.3 is 14.7 Å². The number of anilines is 1. The lowest BCUT2D eigenvalue weighted by molar-refractivity contribution is 0.518. The zero-order valence-corrected chi connectivity index (χ0v) is 8.47. The number of fused-ring (bicyclic) bond motifs is 1. The van der Waals surface area contributed by atoms with E-state index in [1.54, 1.807) is 12.6 Å². The van der Waals surface area contributed by atoms with Crippen LogP contribution < -0.4 is 5.32 Å². The van der Waals surface area contributed by atoms with Crippen LogP contribution in [0.3, 0.4) is 0 Å². The van der Waals surface area contributed by atoms with Gasteiger partial charge in [0, 0.05) is 6.20 Å². The van der Waals surface area contributed by atoms with Gasteiger partial charge in [-0.2, -0.15) is 0 Å². The second-order valence-corrected chi connectivity index (χ2v) is 3.39. The number of aromatic amines is 1. The van der Waals surface area contributed by atoms with Gasteiger partial charge >= 0.3 is 0 Å². The molecule has 0 radical (unpaired) electrons. The fourth-order valence-corrected chi connectivity index (χ4v) is 1.59. The minimum absolute atomic E-state index is 0.609. The van der Waals surface area contributed by atoms with Crippen molar-refractivity contribution in [1.29, 1.82) is 0 Å². The van der Waals surface area contributed by atoms with Gasteiger partial charge in [0.05, 0.1) is 18.3 Å². The maximum atomic E-state index is 5.23. The van der Waals surface area contributed by atoms with Crippen LogP contribution in [-0.2, 0) is 6.54 Å². The molecule has 0 aromatic carbocycles. The third-order valence-corrected chi connectivity index (χ3v) is 2.36. The van der Waals surface area contributed by atoms with Crippen LogP contribution in [0.2, 0.25) is 0 Å². The fourth-order valence-electron chi connectivity index (χ4n) is 1.59. The van der Waals surface area contributed by atoms with Crippen molar-refractivity contribution in [2.24, 2.45) is 0 Å². The molecular weight excluding hydrogens is 204 g/mol. The van der Waals surface area contributed by atoms with Gasteiger partial charge in [0.1, 0.15) is 17.6 Å². The average molecular weight is 214 g/mol. The summed E-state index contributed by atoms with van der Waals surface area (Å²) in [6.07, 6.45) is 5.04. The Labute approximate surface area is 91.5 Å². The summed E-state index contributed by atoms with van der Waals surface area (Å²) in [7, 11) is 0. The topological polar surface area (TPSA) is 66.7 Å². The molecule has 5 nitrogen and oxygen atoms in total. The number of furan rings is 1. The minimum atomic E-state index is 0.609. The van der Waals surface area contributed by atoms with Gasteiger partial charge in [-0.05, 0) is 18.2 Å². The number of aromatic nitrogens is 3. The lowest BCUT2D eigenvalue weighted by Gasteiger charge is -2.03. The van der Waals surface area contributed by atoms with Gasteiger partial charge in [0.15, 0.2) is 5.82 Å². The van der Waals surface area contributed by atoms with Gasteiger partial charge in [-0.3, -0.25) is 0 Å². The first-order valence-electron chi connectivity index (χ1n) is 4.98. The van der Waals surface area contributed by atoms with Crippen molar-refractivity contribution in [2.45, 2.75) is 6.54 Å². The van der Waals surface area contributed by atoms with Gasteiger partial charge in [0.25, 0.3) is 0 Å². The van der Waals surface area contributed by atoms with Crippen LogP contribution in [0.15, 0.2) is 41.4 Å². The summed E-state index contributed by atoms with van der Waals surface area (Å²) >= 11 is 0. The summed E-state index contributed by atoms with van der Waals surface area (Å²) in [6, 6.07) is 5.69. The van der Waals surface area contributed by atoms with Crippen molar-refractivity contribution in [3.8, 4) is 0 Å².